The second-order valence-corrected chi connectivity index (χ2v) is 6.60. The minimum atomic E-state index is -0.959. The van der Waals surface area contributed by atoms with Crippen molar-refractivity contribution in [3.05, 3.63) is 36.6 Å². The molecule has 0 aromatic rings. The largest absolute Gasteiger partial charge is 0.468 e. The lowest BCUT2D eigenvalue weighted by molar-refractivity contribution is -0.188. The first kappa shape index (κ1) is 26.2. The van der Waals surface area contributed by atoms with Crippen molar-refractivity contribution in [3.63, 3.8) is 0 Å². The predicted molar refractivity (Wildman–Crippen MR) is 111 cm³/mol. The van der Waals surface area contributed by atoms with Gasteiger partial charge < -0.3 is 29.8 Å². The van der Waals surface area contributed by atoms with Crippen LogP contribution in [0, 0.1) is 0 Å². The molecule has 32 heavy (non-hydrogen) atoms. The molecule has 1 aliphatic heterocycles. The maximum Gasteiger partial charge on any atom is 0.352 e. The summed E-state index contributed by atoms with van der Waals surface area (Å²) < 4.78 is 9.77. The van der Waals surface area contributed by atoms with Gasteiger partial charge in [-0.1, -0.05) is 6.58 Å². The van der Waals surface area contributed by atoms with Crippen LogP contribution >= 0.6 is 0 Å². The minimum absolute atomic E-state index is 0.148. The molecule has 2 N–H and O–H groups in total. The van der Waals surface area contributed by atoms with E-state index in [1.165, 1.54) is 0 Å². The Morgan fingerprint density at radius 1 is 1.12 bits per heavy atom. The lowest BCUT2D eigenvalue weighted by atomic mass is 10.3. The lowest BCUT2D eigenvalue weighted by Gasteiger charge is -2.22. The zero-order chi connectivity index (χ0) is 24.3. The molecule has 1 saturated heterocycles. The molecule has 0 unspecified atom stereocenters. The number of methoxy groups -OCH3 is 1. The van der Waals surface area contributed by atoms with Crippen molar-refractivity contribution in [2.75, 3.05) is 33.3 Å². The van der Waals surface area contributed by atoms with E-state index in [-0.39, 0.29) is 18.8 Å². The summed E-state index contributed by atoms with van der Waals surface area (Å²) >= 11 is 0. The van der Waals surface area contributed by atoms with Crippen LogP contribution in [0.25, 0.3) is 0 Å². The zero-order valence-electron chi connectivity index (χ0n) is 18.4. The predicted octanol–water partition coefficient (Wildman–Crippen LogP) is -0.300. The summed E-state index contributed by atoms with van der Waals surface area (Å²) in [4.78, 5) is 65.6. The van der Waals surface area contributed by atoms with Gasteiger partial charge in [-0.15, -0.1) is 5.06 Å². The minimum Gasteiger partial charge on any atom is -0.468 e. The molecule has 0 saturated carbocycles. The molecule has 1 rings (SSSR count). The van der Waals surface area contributed by atoms with Gasteiger partial charge in [-0.2, -0.15) is 0 Å². The molecule has 0 spiro atoms. The van der Waals surface area contributed by atoms with E-state index in [1.807, 2.05) is 0 Å². The number of ether oxygens (including phenoxy) is 2. The fourth-order valence-corrected chi connectivity index (χ4v) is 2.30. The average Bonchev–Trinajstić information content (AvgIpc) is 3.07. The molecule has 1 aliphatic rings. The molecular weight excluding hydrogens is 424 g/mol. The van der Waals surface area contributed by atoms with E-state index in [0.717, 1.165) is 17.1 Å². The first-order chi connectivity index (χ1) is 15.1. The highest BCUT2D eigenvalue weighted by Gasteiger charge is 2.30. The smallest absolute Gasteiger partial charge is 0.352 e. The van der Waals surface area contributed by atoms with E-state index in [4.69, 9.17) is 9.57 Å². The third kappa shape index (κ3) is 8.90. The third-order valence-corrected chi connectivity index (χ3v) is 4.13. The van der Waals surface area contributed by atoms with Crippen LogP contribution in [0.3, 0.4) is 0 Å². The first-order valence-corrected chi connectivity index (χ1v) is 9.63. The average molecular weight is 452 g/mol. The number of hydrogen-bond acceptors (Lipinski definition) is 9. The summed E-state index contributed by atoms with van der Waals surface area (Å²) in [6, 6.07) is 0. The number of esters is 1. The maximum atomic E-state index is 12.5. The fraction of sp³-hybridized carbons (Fsp3) is 0.450. The van der Waals surface area contributed by atoms with Gasteiger partial charge >= 0.3 is 11.9 Å². The number of hydrogen-bond donors (Lipinski definition) is 2. The fourth-order valence-electron chi connectivity index (χ4n) is 2.30. The monoisotopic (exact) mass is 452 g/mol. The molecule has 0 aromatic carbocycles. The van der Waals surface area contributed by atoms with Crippen LogP contribution in [0.5, 0.6) is 0 Å². The van der Waals surface area contributed by atoms with Crippen LogP contribution < -0.4 is 10.6 Å². The number of amides is 3. The van der Waals surface area contributed by atoms with E-state index in [2.05, 4.69) is 28.5 Å². The lowest BCUT2D eigenvalue weighted by Crippen LogP contribution is -2.47. The van der Waals surface area contributed by atoms with Gasteiger partial charge in [0.25, 0.3) is 5.91 Å². The Kier molecular flexibility index (Phi) is 10.5. The Labute approximate surface area is 185 Å². The van der Waals surface area contributed by atoms with Gasteiger partial charge in [-0.05, 0) is 32.9 Å². The van der Waals surface area contributed by atoms with Gasteiger partial charge in [0.2, 0.25) is 11.8 Å². The Hall–Kier alpha value is -3.83. The SMILES string of the molecule is C=C(NCC(=O)NCC(=O)N(CC(=O)OC)CC(=O)ON1C(=C)CCC1=O)O/C(C)=C/C. The van der Waals surface area contributed by atoms with Crippen LogP contribution in [-0.4, -0.2) is 72.9 Å². The molecule has 0 atom stereocenters. The molecule has 0 aliphatic carbocycles. The summed E-state index contributed by atoms with van der Waals surface area (Å²) in [5.74, 6) is -2.75. The Bertz CT molecular complexity index is 804. The third-order valence-electron chi connectivity index (χ3n) is 4.13. The summed E-state index contributed by atoms with van der Waals surface area (Å²) in [5, 5.41) is 5.75. The van der Waals surface area contributed by atoms with E-state index in [0.29, 0.717) is 17.9 Å². The van der Waals surface area contributed by atoms with Crippen LogP contribution in [0.2, 0.25) is 0 Å². The molecule has 1 heterocycles. The van der Waals surface area contributed by atoms with Gasteiger partial charge in [0.1, 0.15) is 13.1 Å². The zero-order valence-corrected chi connectivity index (χ0v) is 18.4. The summed E-state index contributed by atoms with van der Waals surface area (Å²) in [5.41, 5.74) is 0.309. The number of carbonyl (C=O) groups excluding carboxylic acids is 5. The topological polar surface area (TPSA) is 144 Å². The van der Waals surface area contributed by atoms with Crippen LogP contribution in [0.1, 0.15) is 26.7 Å². The number of carbonyl (C=O) groups is 5. The highest BCUT2D eigenvalue weighted by atomic mass is 16.7. The van der Waals surface area contributed by atoms with Crippen LogP contribution in [-0.2, 0) is 38.3 Å². The number of nitrogens with zero attached hydrogens (tertiary/aromatic N) is 2. The molecular formula is C20H28N4O8. The molecule has 3 amide bonds. The van der Waals surface area contributed by atoms with E-state index in [9.17, 15) is 24.0 Å². The molecule has 0 radical (unpaired) electrons. The van der Waals surface area contributed by atoms with Crippen molar-refractivity contribution < 1.29 is 38.3 Å². The van der Waals surface area contributed by atoms with Gasteiger partial charge in [0, 0.05) is 6.42 Å². The number of allylic oxidation sites excluding steroid dienone is 3. The normalized spacial score (nSPS) is 13.3. The number of hydroxylamine groups is 2. The molecule has 12 nitrogen and oxygen atoms in total. The van der Waals surface area contributed by atoms with Crippen LogP contribution in [0.4, 0.5) is 0 Å². The molecule has 0 bridgehead atoms. The highest BCUT2D eigenvalue weighted by molar-refractivity contribution is 5.90. The van der Waals surface area contributed by atoms with Crippen molar-refractivity contribution in [1.82, 2.24) is 20.6 Å². The Morgan fingerprint density at radius 2 is 1.78 bits per heavy atom. The van der Waals surface area contributed by atoms with Crippen molar-refractivity contribution in [3.8, 4) is 0 Å². The second kappa shape index (κ2) is 12.8. The number of rotatable bonds is 12. The molecule has 0 aromatic heterocycles. The summed E-state index contributed by atoms with van der Waals surface area (Å²) in [6.07, 6.45) is 2.22. The van der Waals surface area contributed by atoms with E-state index < -0.39 is 49.3 Å². The van der Waals surface area contributed by atoms with Gasteiger partial charge in [-0.25, -0.2) is 4.79 Å². The maximum absolute atomic E-state index is 12.5. The van der Waals surface area contributed by atoms with Crippen molar-refractivity contribution in [2.24, 2.45) is 0 Å². The van der Waals surface area contributed by atoms with Crippen molar-refractivity contribution in [1.29, 1.82) is 0 Å². The van der Waals surface area contributed by atoms with Crippen molar-refractivity contribution >= 4 is 29.7 Å². The Balaban J connectivity index is 2.59. The summed E-state index contributed by atoms with van der Waals surface area (Å²) in [6.45, 7) is 8.78. The quantitative estimate of drug-likeness (QED) is 0.301. The van der Waals surface area contributed by atoms with Crippen LogP contribution in [0.15, 0.2) is 36.6 Å². The van der Waals surface area contributed by atoms with Gasteiger partial charge in [0.05, 0.1) is 31.7 Å². The van der Waals surface area contributed by atoms with E-state index >= 15 is 0 Å². The molecule has 176 valence electrons. The first-order valence-electron chi connectivity index (χ1n) is 9.63. The van der Waals surface area contributed by atoms with Crippen molar-refractivity contribution in [2.45, 2.75) is 26.7 Å². The van der Waals surface area contributed by atoms with E-state index in [1.54, 1.807) is 19.9 Å². The van der Waals surface area contributed by atoms with Gasteiger partial charge in [-0.3, -0.25) is 19.2 Å². The summed E-state index contributed by atoms with van der Waals surface area (Å²) in [7, 11) is 1.12. The molecule has 1 fully saturated rings. The standard InChI is InChI=1S/C20H28N4O8/c1-6-14(3)31-15(4)21-9-16(25)22-10-18(27)23(11-19(28)30-5)12-20(29)32-24-13(2)7-8-17(24)26/h6,21H,2,4,7-12H2,1,3,5H3,(H,22,25)/b14-6+. The molecule has 12 heteroatoms. The number of nitrogens with one attached hydrogen (secondary N) is 2. The second-order valence-electron chi connectivity index (χ2n) is 6.60. The van der Waals surface area contributed by atoms with Gasteiger partial charge in [0.15, 0.2) is 5.88 Å². The Morgan fingerprint density at radius 3 is 2.34 bits per heavy atom. The highest BCUT2D eigenvalue weighted by Crippen LogP contribution is 2.20.